The molecule has 0 amide bonds. The van der Waals surface area contributed by atoms with Gasteiger partial charge in [-0.15, -0.1) is 0 Å². The Morgan fingerprint density at radius 3 is 2.88 bits per heavy atom. The molecule has 0 saturated carbocycles. The van der Waals surface area contributed by atoms with E-state index in [4.69, 9.17) is 0 Å². The van der Waals surface area contributed by atoms with Gasteiger partial charge in [0.25, 0.3) is 5.82 Å². The summed E-state index contributed by atoms with van der Waals surface area (Å²) in [5.74, 6) is 1.06. The van der Waals surface area contributed by atoms with Crippen LogP contribution < -0.4 is 4.57 Å². The van der Waals surface area contributed by atoms with Crippen LogP contribution in [0.4, 0.5) is 0 Å². The van der Waals surface area contributed by atoms with Gasteiger partial charge in [0.1, 0.15) is 12.0 Å². The Morgan fingerprint density at radius 2 is 2.19 bits per heavy atom. The van der Waals surface area contributed by atoms with E-state index in [1.165, 1.54) is 11.1 Å². The summed E-state index contributed by atoms with van der Waals surface area (Å²) in [5, 5.41) is 11.0. The number of aromatic nitrogens is 2. The minimum absolute atomic E-state index is 0.0327. The van der Waals surface area contributed by atoms with Crippen LogP contribution in [-0.2, 0) is 17.8 Å². The molecule has 0 saturated heterocycles. The number of hydrogen-bond donors (Lipinski definition) is 1. The molecule has 1 aromatic carbocycles. The minimum Gasteiger partial charge on any atom is -0.393 e. The Morgan fingerprint density at radius 1 is 1.42 bits per heavy atom. The van der Waals surface area contributed by atoms with Crippen molar-refractivity contribution in [2.24, 2.45) is 11.8 Å². The van der Waals surface area contributed by atoms with Crippen LogP contribution in [-0.4, -0.2) is 22.0 Å². The second-order valence-electron chi connectivity index (χ2n) is 7.44. The van der Waals surface area contributed by atoms with E-state index in [2.05, 4.69) is 44.5 Å². The molecule has 26 heavy (non-hydrogen) atoms. The highest BCUT2D eigenvalue weighted by Crippen LogP contribution is 2.37. The molecule has 0 aliphatic heterocycles. The zero-order valence-electron chi connectivity index (χ0n) is 15.5. The molecule has 4 atom stereocenters. The molecule has 1 heterocycles. The maximum Gasteiger partial charge on any atom is 0.295 e. The zero-order valence-corrected chi connectivity index (χ0v) is 17.1. The molecule has 1 N–H and O–H groups in total. The highest BCUT2D eigenvalue weighted by atomic mass is 79.9. The third-order valence-corrected chi connectivity index (χ3v) is 6.20. The van der Waals surface area contributed by atoms with Crippen molar-refractivity contribution in [1.82, 2.24) is 4.98 Å². The number of aliphatic hydroxyl groups is 1. The predicted molar refractivity (Wildman–Crippen MR) is 104 cm³/mol. The van der Waals surface area contributed by atoms with Crippen molar-refractivity contribution in [1.29, 1.82) is 0 Å². The zero-order chi connectivity index (χ0) is 18.8. The highest BCUT2D eigenvalue weighted by Gasteiger charge is 2.35. The van der Waals surface area contributed by atoms with Gasteiger partial charge in [0.2, 0.25) is 0 Å². The number of halogens is 1. The number of carbonyl (C=O) groups is 1. The van der Waals surface area contributed by atoms with Crippen molar-refractivity contribution in [2.45, 2.75) is 52.2 Å². The van der Waals surface area contributed by atoms with E-state index < -0.39 is 6.10 Å². The number of benzene rings is 1. The Hall–Kier alpha value is -1.59. The lowest BCUT2D eigenvalue weighted by Crippen LogP contribution is -2.46. The molecule has 0 fully saturated rings. The third-order valence-electron chi connectivity index (χ3n) is 5.70. The van der Waals surface area contributed by atoms with Crippen LogP contribution in [0.25, 0.3) is 0 Å². The number of aliphatic hydroxyl groups excluding tert-OH is 1. The summed E-state index contributed by atoms with van der Waals surface area (Å²) < 4.78 is 3.11. The van der Waals surface area contributed by atoms with Gasteiger partial charge in [-0.25, -0.2) is 4.57 Å². The van der Waals surface area contributed by atoms with E-state index in [1.54, 1.807) is 13.1 Å². The topological polar surface area (TPSA) is 54.1 Å². The lowest BCUT2D eigenvalue weighted by Gasteiger charge is -2.33. The summed E-state index contributed by atoms with van der Waals surface area (Å²) in [6.45, 7) is 6.40. The Balaban J connectivity index is 2.00. The number of hydrogen-bond acceptors (Lipinski definition) is 3. The van der Waals surface area contributed by atoms with Crippen LogP contribution in [0.2, 0.25) is 0 Å². The number of ketones is 1. The summed E-state index contributed by atoms with van der Waals surface area (Å²) in [6.07, 6.45) is 4.55. The molecule has 1 aromatic heterocycles. The number of Topliss-reactive ketones (excluding diaryl/α,β-unsaturated/α-hetero) is 1. The van der Waals surface area contributed by atoms with E-state index in [-0.39, 0.29) is 23.5 Å². The Kier molecular flexibility index (Phi) is 5.88. The van der Waals surface area contributed by atoms with Crippen molar-refractivity contribution in [3.8, 4) is 0 Å². The lowest BCUT2D eigenvalue weighted by atomic mass is 9.73. The first-order valence-electron chi connectivity index (χ1n) is 9.14. The van der Waals surface area contributed by atoms with Gasteiger partial charge < -0.3 is 5.11 Å². The number of aryl methyl sites for hydroxylation is 1. The number of carbonyl (C=O) groups excluding carboxylic acids is 1. The fraction of sp³-hybridized carbons (Fsp3) is 0.476. The van der Waals surface area contributed by atoms with Crippen LogP contribution >= 0.6 is 15.9 Å². The summed E-state index contributed by atoms with van der Waals surface area (Å²) in [6, 6.07) is 8.21. The van der Waals surface area contributed by atoms with Crippen LogP contribution in [0.5, 0.6) is 0 Å². The standard InChI is InChI=1S/C21H26BrN2O2/c1-13-19-6-5-18(22)10-16(19)9-17(21(26)11-20(13)14(2)25)12-24-8-4-7-23-15(24)3/h4-8,10,13,17,20-21,26H,9,11-12H2,1-3H3/q+1. The molecule has 0 spiro atoms. The van der Waals surface area contributed by atoms with Crippen LogP contribution in [0.1, 0.15) is 43.1 Å². The second-order valence-corrected chi connectivity index (χ2v) is 8.35. The molecule has 2 aromatic rings. The van der Waals surface area contributed by atoms with Crippen molar-refractivity contribution in [3.63, 3.8) is 0 Å². The Labute approximate surface area is 163 Å². The highest BCUT2D eigenvalue weighted by molar-refractivity contribution is 9.10. The maximum atomic E-state index is 12.3. The van der Waals surface area contributed by atoms with Gasteiger partial charge >= 0.3 is 0 Å². The maximum absolute atomic E-state index is 12.3. The quantitative estimate of drug-likeness (QED) is 0.778. The molecular formula is C21H26BrN2O2+. The first-order chi connectivity index (χ1) is 12.4. The normalized spacial score (nSPS) is 25.9. The first-order valence-corrected chi connectivity index (χ1v) is 9.94. The fourth-order valence-corrected chi connectivity index (χ4v) is 4.52. The molecule has 1 aliphatic rings. The van der Waals surface area contributed by atoms with Gasteiger partial charge in [-0.1, -0.05) is 33.9 Å². The average molecular weight is 418 g/mol. The predicted octanol–water partition coefficient (Wildman–Crippen LogP) is 3.37. The lowest BCUT2D eigenvalue weighted by molar-refractivity contribution is -0.713. The number of rotatable bonds is 3. The monoisotopic (exact) mass is 417 g/mol. The smallest absolute Gasteiger partial charge is 0.295 e. The molecule has 4 unspecified atom stereocenters. The average Bonchev–Trinajstić information content (AvgIpc) is 2.59. The molecule has 4 nitrogen and oxygen atoms in total. The molecule has 5 heteroatoms. The van der Waals surface area contributed by atoms with Crippen LogP contribution in [0.3, 0.4) is 0 Å². The van der Waals surface area contributed by atoms with Crippen molar-refractivity contribution in [2.75, 3.05) is 0 Å². The molecular weight excluding hydrogens is 392 g/mol. The molecule has 138 valence electrons. The molecule has 3 rings (SSSR count). The van der Waals surface area contributed by atoms with Crippen molar-refractivity contribution < 1.29 is 14.5 Å². The van der Waals surface area contributed by atoms with Gasteiger partial charge in [0, 0.05) is 29.3 Å². The summed E-state index contributed by atoms with van der Waals surface area (Å²) in [4.78, 5) is 16.6. The number of fused-ring (bicyclic) bond motifs is 1. The minimum atomic E-state index is -0.523. The van der Waals surface area contributed by atoms with E-state index in [0.717, 1.165) is 16.7 Å². The summed E-state index contributed by atoms with van der Waals surface area (Å²) in [5.41, 5.74) is 2.43. The van der Waals surface area contributed by atoms with E-state index in [1.807, 2.05) is 25.3 Å². The van der Waals surface area contributed by atoms with Gasteiger partial charge in [-0.05, 0) is 48.9 Å². The van der Waals surface area contributed by atoms with E-state index in [9.17, 15) is 9.90 Å². The van der Waals surface area contributed by atoms with Crippen molar-refractivity contribution >= 4 is 21.7 Å². The Bertz CT molecular complexity index is 808. The van der Waals surface area contributed by atoms with Gasteiger partial charge in [0.15, 0.2) is 0 Å². The molecule has 1 aliphatic carbocycles. The van der Waals surface area contributed by atoms with E-state index in [0.29, 0.717) is 13.0 Å². The third kappa shape index (κ3) is 4.04. The second kappa shape index (κ2) is 7.97. The van der Waals surface area contributed by atoms with Crippen LogP contribution in [0.15, 0.2) is 41.1 Å². The summed E-state index contributed by atoms with van der Waals surface area (Å²) in [7, 11) is 0. The van der Waals surface area contributed by atoms with Gasteiger partial charge in [0.05, 0.1) is 18.8 Å². The van der Waals surface area contributed by atoms with Gasteiger partial charge in [-0.2, -0.15) is 0 Å². The van der Waals surface area contributed by atoms with E-state index >= 15 is 0 Å². The summed E-state index contributed by atoms with van der Waals surface area (Å²) >= 11 is 3.57. The number of nitrogens with zero attached hydrogens (tertiary/aromatic N) is 2. The first kappa shape index (κ1) is 19.2. The molecule has 0 radical (unpaired) electrons. The fourth-order valence-electron chi connectivity index (χ4n) is 4.11. The van der Waals surface area contributed by atoms with Crippen LogP contribution in [0, 0.1) is 18.8 Å². The van der Waals surface area contributed by atoms with Crippen molar-refractivity contribution in [3.05, 3.63) is 58.1 Å². The molecule has 0 bridgehead atoms. The van der Waals surface area contributed by atoms with Gasteiger partial charge in [-0.3, -0.25) is 4.79 Å². The SMILES string of the molecule is CC(=O)C1CC(O)C(C[n+]2cccnc2C)Cc2cc(Br)ccc2C1C. The largest absolute Gasteiger partial charge is 0.393 e.